The van der Waals surface area contributed by atoms with Crippen LogP contribution in [0.4, 0.5) is 0 Å². The average Bonchev–Trinajstić information content (AvgIpc) is 3.70. The summed E-state index contributed by atoms with van der Waals surface area (Å²) >= 11 is 0. The summed E-state index contributed by atoms with van der Waals surface area (Å²) in [5.41, 5.74) is 17.0. The molecule has 4 saturated carbocycles. The predicted octanol–water partition coefficient (Wildman–Crippen LogP) is 13.7. The van der Waals surface area contributed by atoms with E-state index in [2.05, 4.69) is 147 Å². The Labute approximate surface area is 346 Å². The van der Waals surface area contributed by atoms with Gasteiger partial charge in [-0.05, 0) is 134 Å². The van der Waals surface area contributed by atoms with E-state index in [4.69, 9.17) is 15.0 Å². The summed E-state index contributed by atoms with van der Waals surface area (Å²) < 4.78 is 0. The topological polar surface area (TPSA) is 38.7 Å². The molecule has 3 heteroatoms. The first-order valence-corrected chi connectivity index (χ1v) is 21.8. The Hall–Kier alpha value is -6.19. The molecule has 14 rings (SSSR count). The fourth-order valence-corrected chi connectivity index (χ4v) is 13.2. The van der Waals surface area contributed by atoms with E-state index in [9.17, 15) is 0 Å². The van der Waals surface area contributed by atoms with E-state index in [-0.39, 0.29) is 10.8 Å². The molecule has 0 aliphatic heterocycles. The zero-order chi connectivity index (χ0) is 39.0. The van der Waals surface area contributed by atoms with Gasteiger partial charge < -0.3 is 0 Å². The van der Waals surface area contributed by atoms with Gasteiger partial charge in [0.2, 0.25) is 0 Å². The predicted molar refractivity (Wildman–Crippen MR) is 240 cm³/mol. The molecular weight excluding hydrogens is 715 g/mol. The molecule has 59 heavy (non-hydrogen) atoms. The lowest BCUT2D eigenvalue weighted by Crippen LogP contribution is -2.55. The van der Waals surface area contributed by atoms with Gasteiger partial charge >= 0.3 is 0 Å². The highest BCUT2D eigenvalue weighted by molar-refractivity contribution is 6.03. The Morgan fingerprint density at radius 1 is 0.407 bits per heavy atom. The smallest absolute Gasteiger partial charge is 0.164 e. The van der Waals surface area contributed by atoms with Crippen LogP contribution in [0.3, 0.4) is 0 Å². The number of fused-ring (bicyclic) bond motifs is 8. The van der Waals surface area contributed by atoms with Gasteiger partial charge in [-0.15, -0.1) is 0 Å². The largest absolute Gasteiger partial charge is 0.208 e. The highest BCUT2D eigenvalue weighted by atomic mass is 15.0. The van der Waals surface area contributed by atoms with Gasteiger partial charge in [-0.3, -0.25) is 0 Å². The van der Waals surface area contributed by atoms with Gasteiger partial charge in [-0.1, -0.05) is 153 Å². The molecule has 284 valence electrons. The number of hydrogen-bond acceptors (Lipinski definition) is 3. The number of hydrogen-bond donors (Lipinski definition) is 0. The third kappa shape index (κ3) is 4.73. The van der Waals surface area contributed by atoms with Gasteiger partial charge in [0, 0.05) is 27.5 Å². The summed E-state index contributed by atoms with van der Waals surface area (Å²) in [7, 11) is 0. The molecule has 7 aromatic carbocycles. The van der Waals surface area contributed by atoms with Crippen LogP contribution in [-0.4, -0.2) is 15.0 Å². The van der Waals surface area contributed by atoms with Crippen molar-refractivity contribution in [3.05, 3.63) is 174 Å². The van der Waals surface area contributed by atoms with E-state index in [0.29, 0.717) is 17.5 Å². The zero-order valence-corrected chi connectivity index (χ0v) is 33.6. The van der Waals surface area contributed by atoms with Crippen molar-refractivity contribution in [2.75, 3.05) is 0 Å². The Bertz CT molecular complexity index is 3000. The highest BCUT2D eigenvalue weighted by Gasteiger charge is 2.61. The second-order valence-electron chi connectivity index (χ2n) is 18.8. The van der Waals surface area contributed by atoms with Crippen LogP contribution >= 0.6 is 0 Å². The van der Waals surface area contributed by atoms with Crippen LogP contribution in [-0.2, 0) is 10.8 Å². The molecule has 1 aromatic heterocycles. The summed E-state index contributed by atoms with van der Waals surface area (Å²) in [4.78, 5) is 15.4. The van der Waals surface area contributed by atoms with Crippen LogP contribution in [0.15, 0.2) is 152 Å². The number of rotatable bonds is 4. The summed E-state index contributed by atoms with van der Waals surface area (Å²) in [5, 5.41) is 2.76. The SMILES string of the molecule is CC1(C)c2ccccc2-c2cc(-c3nc(-c4ccccc4)nc(-c4ccc(-c5ccc6c(c5)C5(c7ccc8ccccc8c7-6)C6CC7CC(C6)CC5C7)cc4)n3)ccc21. The quantitative estimate of drug-likeness (QED) is 0.179. The van der Waals surface area contributed by atoms with Crippen LogP contribution in [0.5, 0.6) is 0 Å². The van der Waals surface area contributed by atoms with Crippen molar-refractivity contribution in [2.45, 2.75) is 56.8 Å². The molecule has 1 heterocycles. The third-order valence-electron chi connectivity index (χ3n) is 15.5. The van der Waals surface area contributed by atoms with Crippen molar-refractivity contribution in [3.8, 4) is 67.5 Å². The van der Waals surface area contributed by atoms with Gasteiger partial charge in [0.1, 0.15) is 0 Å². The normalized spacial score (nSPS) is 23.6. The van der Waals surface area contributed by atoms with E-state index >= 15 is 0 Å². The Morgan fingerprint density at radius 3 is 1.75 bits per heavy atom. The molecule has 4 fully saturated rings. The minimum Gasteiger partial charge on any atom is -0.208 e. The van der Waals surface area contributed by atoms with Crippen molar-refractivity contribution in [1.29, 1.82) is 0 Å². The van der Waals surface area contributed by atoms with Gasteiger partial charge in [0.05, 0.1) is 0 Å². The van der Waals surface area contributed by atoms with E-state index in [1.807, 2.05) is 18.2 Å². The van der Waals surface area contributed by atoms with Gasteiger partial charge in [-0.25, -0.2) is 15.0 Å². The molecule has 6 aliphatic carbocycles. The van der Waals surface area contributed by atoms with Gasteiger partial charge in [0.15, 0.2) is 17.5 Å². The first-order chi connectivity index (χ1) is 28.9. The Balaban J connectivity index is 0.915. The molecule has 0 saturated heterocycles. The van der Waals surface area contributed by atoms with Crippen molar-refractivity contribution in [2.24, 2.45) is 23.7 Å². The minimum absolute atomic E-state index is 0.0565. The molecule has 3 nitrogen and oxygen atoms in total. The number of aromatic nitrogens is 3. The van der Waals surface area contributed by atoms with Crippen LogP contribution in [0.2, 0.25) is 0 Å². The molecule has 0 unspecified atom stereocenters. The molecule has 6 aliphatic rings. The summed E-state index contributed by atoms with van der Waals surface area (Å²) in [6.07, 6.45) is 6.99. The molecule has 1 spiro atoms. The molecule has 0 amide bonds. The lowest BCUT2D eigenvalue weighted by Gasteiger charge is -2.61. The molecule has 0 N–H and O–H groups in total. The van der Waals surface area contributed by atoms with Crippen molar-refractivity contribution in [3.63, 3.8) is 0 Å². The molecule has 8 aromatic rings. The van der Waals surface area contributed by atoms with Gasteiger partial charge in [0.25, 0.3) is 0 Å². The van der Waals surface area contributed by atoms with Crippen LogP contribution < -0.4 is 0 Å². The maximum Gasteiger partial charge on any atom is 0.164 e. The molecule has 0 radical (unpaired) electrons. The van der Waals surface area contributed by atoms with E-state index in [0.717, 1.165) is 40.4 Å². The van der Waals surface area contributed by atoms with Crippen molar-refractivity contribution < 1.29 is 0 Å². The lowest BCUT2D eigenvalue weighted by atomic mass is 9.43. The summed E-state index contributed by atoms with van der Waals surface area (Å²) in [6, 6.07) is 56.2. The summed E-state index contributed by atoms with van der Waals surface area (Å²) in [5.74, 6) is 5.33. The van der Waals surface area contributed by atoms with Crippen LogP contribution in [0.1, 0.15) is 68.2 Å². The Morgan fingerprint density at radius 2 is 0.983 bits per heavy atom. The molecule has 4 bridgehead atoms. The van der Waals surface area contributed by atoms with Gasteiger partial charge in [-0.2, -0.15) is 0 Å². The van der Waals surface area contributed by atoms with Crippen molar-refractivity contribution >= 4 is 10.8 Å². The highest BCUT2D eigenvalue weighted by Crippen LogP contribution is 2.70. The van der Waals surface area contributed by atoms with E-state index in [1.165, 1.54) is 87.4 Å². The maximum absolute atomic E-state index is 5.19. The second-order valence-corrected chi connectivity index (χ2v) is 18.8. The van der Waals surface area contributed by atoms with Crippen molar-refractivity contribution in [1.82, 2.24) is 15.0 Å². The Kier molecular flexibility index (Phi) is 6.96. The fourth-order valence-electron chi connectivity index (χ4n) is 13.2. The molecular formula is C56H45N3. The maximum atomic E-state index is 5.19. The van der Waals surface area contributed by atoms with E-state index < -0.39 is 0 Å². The average molecular weight is 760 g/mol. The standard InChI is InChI=1S/C56H45N3/c1-55(2)47-15-9-8-14-44(47)46-31-40(22-24-48(46)55)54-58-52(37-11-4-3-5-12-37)57-53(59-54)38-18-16-35(17-19-38)39-20-23-45-50(32-39)56(41-27-33-26-34(29-41)30-42(56)28-33)49-25-21-36-10-6-7-13-43(36)51(45)49/h3-25,31-34,41-42H,26-30H2,1-2H3. The fraction of sp³-hybridized carbons (Fsp3) is 0.232. The first-order valence-electron chi connectivity index (χ1n) is 21.8. The zero-order valence-electron chi connectivity index (χ0n) is 33.6. The molecule has 0 atom stereocenters. The van der Waals surface area contributed by atoms with E-state index in [1.54, 1.807) is 11.1 Å². The minimum atomic E-state index is -0.0565. The third-order valence-corrected chi connectivity index (χ3v) is 15.5. The monoisotopic (exact) mass is 759 g/mol. The number of benzene rings is 7. The van der Waals surface area contributed by atoms with Crippen LogP contribution in [0.25, 0.3) is 78.3 Å². The second kappa shape index (κ2) is 12.2. The lowest BCUT2D eigenvalue weighted by molar-refractivity contribution is -0.0399. The summed E-state index contributed by atoms with van der Waals surface area (Å²) in [6.45, 7) is 4.64. The number of nitrogens with zero attached hydrogens (tertiary/aromatic N) is 3. The van der Waals surface area contributed by atoms with Crippen LogP contribution in [0, 0.1) is 23.7 Å². The first kappa shape index (κ1) is 33.7.